The first-order valence-corrected chi connectivity index (χ1v) is 4.92. The maximum absolute atomic E-state index is 8.95. The molecule has 2 aromatic rings. The summed E-state index contributed by atoms with van der Waals surface area (Å²) in [6.45, 7) is 1.88. The van der Waals surface area contributed by atoms with Crippen LogP contribution < -0.4 is 5.46 Å². The fraction of sp³-hybridized carbons (Fsp3) is 0.200. The number of nitrogens with zero attached hydrogens (tertiary/aromatic N) is 3. The largest absolute Gasteiger partial charge is 0.488 e. The molecule has 0 amide bonds. The maximum atomic E-state index is 8.95. The van der Waals surface area contributed by atoms with Crippen molar-refractivity contribution < 1.29 is 10.0 Å². The molecular formula is C10H12BN3O2. The molecule has 1 aromatic carbocycles. The van der Waals surface area contributed by atoms with E-state index in [1.807, 2.05) is 14.0 Å². The number of aromatic nitrogens is 3. The van der Waals surface area contributed by atoms with E-state index >= 15 is 0 Å². The molecule has 2 rings (SSSR count). The lowest BCUT2D eigenvalue weighted by Crippen LogP contribution is -2.29. The summed E-state index contributed by atoms with van der Waals surface area (Å²) in [6, 6.07) is 6.82. The number of benzene rings is 1. The topological polar surface area (TPSA) is 71.2 Å². The molecule has 0 aliphatic heterocycles. The van der Waals surface area contributed by atoms with Gasteiger partial charge in [0.1, 0.15) is 5.82 Å². The van der Waals surface area contributed by atoms with E-state index in [-0.39, 0.29) is 0 Å². The first kappa shape index (κ1) is 10.8. The predicted molar refractivity (Wildman–Crippen MR) is 61.0 cm³/mol. The molecule has 0 unspecified atom stereocenters. The third-order valence-electron chi connectivity index (χ3n) is 2.45. The second-order valence-corrected chi connectivity index (χ2v) is 3.60. The van der Waals surface area contributed by atoms with Crippen LogP contribution in [0.25, 0.3) is 11.4 Å². The predicted octanol–water partition coefficient (Wildman–Crippen LogP) is -0.530. The van der Waals surface area contributed by atoms with Crippen LogP contribution in [0.3, 0.4) is 0 Å². The fourth-order valence-electron chi connectivity index (χ4n) is 1.39. The Hall–Kier alpha value is -1.66. The Balaban J connectivity index is 2.34. The van der Waals surface area contributed by atoms with E-state index in [4.69, 9.17) is 10.0 Å². The third-order valence-corrected chi connectivity index (χ3v) is 2.45. The van der Waals surface area contributed by atoms with Crippen molar-refractivity contribution in [2.24, 2.45) is 7.05 Å². The molecule has 0 spiro atoms. The fourth-order valence-corrected chi connectivity index (χ4v) is 1.39. The molecule has 6 heteroatoms. The quantitative estimate of drug-likeness (QED) is 0.663. The SMILES string of the molecule is Cc1nc(-c2ccc(B(O)O)cc2)nn1C. The summed E-state index contributed by atoms with van der Waals surface area (Å²) in [6.07, 6.45) is 0. The molecule has 1 heterocycles. The van der Waals surface area contributed by atoms with Gasteiger partial charge < -0.3 is 10.0 Å². The molecule has 0 radical (unpaired) electrons. The highest BCUT2D eigenvalue weighted by atomic mass is 16.4. The minimum Gasteiger partial charge on any atom is -0.423 e. The molecule has 0 fully saturated rings. The summed E-state index contributed by atoms with van der Waals surface area (Å²) in [5, 5.41) is 22.1. The second-order valence-electron chi connectivity index (χ2n) is 3.60. The summed E-state index contributed by atoms with van der Waals surface area (Å²) in [5.74, 6) is 1.47. The summed E-state index contributed by atoms with van der Waals surface area (Å²) in [4.78, 5) is 4.28. The van der Waals surface area contributed by atoms with Crippen LogP contribution in [0.1, 0.15) is 5.82 Å². The second kappa shape index (κ2) is 4.07. The third kappa shape index (κ3) is 1.98. The molecule has 0 atom stereocenters. The van der Waals surface area contributed by atoms with Gasteiger partial charge in [-0.25, -0.2) is 4.98 Å². The van der Waals surface area contributed by atoms with E-state index in [1.165, 1.54) is 0 Å². The Morgan fingerprint density at radius 3 is 2.25 bits per heavy atom. The van der Waals surface area contributed by atoms with Gasteiger partial charge in [0.2, 0.25) is 0 Å². The molecule has 0 aliphatic rings. The van der Waals surface area contributed by atoms with Crippen molar-refractivity contribution in [3.05, 3.63) is 30.1 Å². The van der Waals surface area contributed by atoms with Crippen LogP contribution in [0, 0.1) is 6.92 Å². The van der Waals surface area contributed by atoms with Crippen molar-refractivity contribution in [1.82, 2.24) is 14.8 Å². The Morgan fingerprint density at radius 2 is 1.81 bits per heavy atom. The van der Waals surface area contributed by atoms with Gasteiger partial charge in [0.15, 0.2) is 5.82 Å². The van der Waals surface area contributed by atoms with E-state index in [9.17, 15) is 0 Å². The zero-order valence-electron chi connectivity index (χ0n) is 9.12. The molecule has 0 saturated carbocycles. The normalized spacial score (nSPS) is 10.5. The lowest BCUT2D eigenvalue weighted by atomic mass is 9.80. The van der Waals surface area contributed by atoms with Gasteiger partial charge in [-0.15, -0.1) is 0 Å². The minimum absolute atomic E-state index is 0.455. The van der Waals surface area contributed by atoms with E-state index in [0.29, 0.717) is 11.3 Å². The molecule has 1 aromatic heterocycles. The lowest BCUT2D eigenvalue weighted by Gasteiger charge is -1.99. The van der Waals surface area contributed by atoms with E-state index in [2.05, 4.69) is 10.1 Å². The Kier molecular flexibility index (Phi) is 2.76. The van der Waals surface area contributed by atoms with Crippen LogP contribution in [0.4, 0.5) is 0 Å². The van der Waals surface area contributed by atoms with E-state index in [1.54, 1.807) is 28.9 Å². The minimum atomic E-state index is -1.44. The Morgan fingerprint density at radius 1 is 1.19 bits per heavy atom. The number of aryl methyl sites for hydroxylation is 2. The van der Waals surface area contributed by atoms with Crippen molar-refractivity contribution in [2.75, 3.05) is 0 Å². The van der Waals surface area contributed by atoms with Gasteiger partial charge in [0, 0.05) is 12.6 Å². The number of hydrogen-bond acceptors (Lipinski definition) is 4. The zero-order chi connectivity index (χ0) is 11.7. The zero-order valence-corrected chi connectivity index (χ0v) is 9.12. The van der Waals surface area contributed by atoms with Crippen molar-refractivity contribution in [1.29, 1.82) is 0 Å². The van der Waals surface area contributed by atoms with Crippen LogP contribution in [-0.4, -0.2) is 31.9 Å². The van der Waals surface area contributed by atoms with Gasteiger partial charge in [-0.2, -0.15) is 5.10 Å². The highest BCUT2D eigenvalue weighted by molar-refractivity contribution is 6.58. The average molecular weight is 217 g/mol. The Labute approximate surface area is 93.5 Å². The number of hydrogen-bond donors (Lipinski definition) is 2. The van der Waals surface area contributed by atoms with Gasteiger partial charge >= 0.3 is 7.12 Å². The molecule has 0 saturated heterocycles. The highest BCUT2D eigenvalue weighted by Gasteiger charge is 2.11. The summed E-state index contributed by atoms with van der Waals surface area (Å²) < 4.78 is 1.70. The molecule has 82 valence electrons. The van der Waals surface area contributed by atoms with E-state index < -0.39 is 7.12 Å². The van der Waals surface area contributed by atoms with E-state index in [0.717, 1.165) is 11.4 Å². The Bertz CT molecular complexity index is 474. The van der Waals surface area contributed by atoms with Crippen molar-refractivity contribution in [3.63, 3.8) is 0 Å². The van der Waals surface area contributed by atoms with Gasteiger partial charge in [0.05, 0.1) is 0 Å². The van der Waals surface area contributed by atoms with Crippen LogP contribution >= 0.6 is 0 Å². The average Bonchev–Trinajstić information content (AvgIpc) is 2.59. The summed E-state index contributed by atoms with van der Waals surface area (Å²) >= 11 is 0. The van der Waals surface area contributed by atoms with Gasteiger partial charge in [0.25, 0.3) is 0 Å². The summed E-state index contributed by atoms with van der Waals surface area (Å²) in [5.41, 5.74) is 1.31. The molecular weight excluding hydrogens is 205 g/mol. The van der Waals surface area contributed by atoms with Crippen LogP contribution in [-0.2, 0) is 7.05 Å². The molecule has 2 N–H and O–H groups in total. The lowest BCUT2D eigenvalue weighted by molar-refractivity contribution is 0.426. The maximum Gasteiger partial charge on any atom is 0.488 e. The van der Waals surface area contributed by atoms with Crippen LogP contribution in [0.2, 0.25) is 0 Å². The molecule has 0 bridgehead atoms. The van der Waals surface area contributed by atoms with Gasteiger partial charge in [-0.1, -0.05) is 24.3 Å². The van der Waals surface area contributed by atoms with Crippen molar-refractivity contribution in [3.8, 4) is 11.4 Å². The smallest absolute Gasteiger partial charge is 0.423 e. The van der Waals surface area contributed by atoms with Crippen LogP contribution in [0.15, 0.2) is 24.3 Å². The monoisotopic (exact) mass is 217 g/mol. The number of rotatable bonds is 2. The first-order chi connectivity index (χ1) is 7.58. The first-order valence-electron chi connectivity index (χ1n) is 4.92. The van der Waals surface area contributed by atoms with Crippen molar-refractivity contribution >= 4 is 12.6 Å². The molecule has 5 nitrogen and oxygen atoms in total. The van der Waals surface area contributed by atoms with Gasteiger partial charge in [-0.3, -0.25) is 4.68 Å². The standard InChI is InChI=1S/C10H12BN3O2/c1-7-12-10(13-14(7)2)8-3-5-9(6-4-8)11(15)16/h3-6,15-16H,1-2H3. The molecule has 16 heavy (non-hydrogen) atoms. The molecule has 0 aliphatic carbocycles. The highest BCUT2D eigenvalue weighted by Crippen LogP contribution is 2.13. The van der Waals surface area contributed by atoms with Crippen molar-refractivity contribution in [2.45, 2.75) is 6.92 Å². The van der Waals surface area contributed by atoms with Crippen LogP contribution in [0.5, 0.6) is 0 Å². The van der Waals surface area contributed by atoms with Gasteiger partial charge in [-0.05, 0) is 12.4 Å². The summed E-state index contributed by atoms with van der Waals surface area (Å²) in [7, 11) is 0.394.